The maximum Gasteiger partial charge on any atom is 0.394 e. The lowest BCUT2D eigenvalue weighted by Gasteiger charge is -2.38. The molecule has 4 atom stereocenters. The number of aliphatic carboxylic acids is 1. The monoisotopic (exact) mass is 624 g/mol. The summed E-state index contributed by atoms with van der Waals surface area (Å²) in [7, 11) is -0.557. The van der Waals surface area contributed by atoms with Crippen LogP contribution in [0.3, 0.4) is 0 Å². The summed E-state index contributed by atoms with van der Waals surface area (Å²) in [6.45, 7) is 3.01. The number of rotatable bonds is 11. The molecule has 42 heavy (non-hydrogen) atoms. The predicted octanol–water partition coefficient (Wildman–Crippen LogP) is 3.60. The molecule has 1 aliphatic carbocycles. The number of nitrogens with one attached hydrogen (secondary N) is 2. The molecule has 17 heteroatoms. The van der Waals surface area contributed by atoms with Gasteiger partial charge in [-0.3, -0.25) is 4.79 Å². The Hall–Kier alpha value is -2.92. The number of amides is 2. The predicted molar refractivity (Wildman–Crippen MR) is 140 cm³/mol. The van der Waals surface area contributed by atoms with E-state index in [1.807, 2.05) is 0 Å². The lowest BCUT2D eigenvalue weighted by atomic mass is 9.85. The van der Waals surface area contributed by atoms with Gasteiger partial charge in [-0.1, -0.05) is 0 Å². The third-order valence-corrected chi connectivity index (χ3v) is 9.08. The maximum absolute atomic E-state index is 14.1. The molecule has 234 valence electrons. The molecule has 1 saturated heterocycles. The lowest BCUT2D eigenvalue weighted by Crippen LogP contribution is -2.58. The number of urea groups is 1. The highest BCUT2D eigenvalue weighted by Gasteiger charge is 2.64. The second-order valence-electron chi connectivity index (χ2n) is 11.8. The van der Waals surface area contributed by atoms with Crippen molar-refractivity contribution in [2.45, 2.75) is 69.0 Å². The van der Waals surface area contributed by atoms with Crippen LogP contribution in [0.25, 0.3) is 5.65 Å². The highest BCUT2D eigenvalue weighted by Crippen LogP contribution is 2.62. The van der Waals surface area contributed by atoms with Crippen molar-refractivity contribution in [3.8, 4) is 0 Å². The fourth-order valence-electron chi connectivity index (χ4n) is 4.86. The molecule has 2 aromatic heterocycles. The van der Waals surface area contributed by atoms with Gasteiger partial charge in [0.2, 0.25) is 0 Å². The number of hydrogen-bond acceptors (Lipinski definition) is 6. The SMILES string of the molecule is COC[C@@H](c1cnn2cc(C(N[S@@](=O)C(C)(C)C)C(CC3(C(F)(F)F)CC3)C(=O)O)nc2c1)N1CC(F)(F)CNC1=O. The van der Waals surface area contributed by atoms with Gasteiger partial charge in [-0.05, 0) is 46.1 Å². The molecular formula is C25H33F5N6O5S. The van der Waals surface area contributed by atoms with E-state index in [-0.39, 0.29) is 36.4 Å². The molecule has 4 rings (SSSR count). The van der Waals surface area contributed by atoms with Crippen molar-refractivity contribution in [1.82, 2.24) is 29.5 Å². The van der Waals surface area contributed by atoms with Gasteiger partial charge in [-0.25, -0.2) is 32.0 Å². The maximum atomic E-state index is 14.1. The third kappa shape index (κ3) is 6.67. The van der Waals surface area contributed by atoms with E-state index in [2.05, 4.69) is 20.1 Å². The fourth-order valence-corrected chi connectivity index (χ4v) is 5.73. The number of hydrogen-bond donors (Lipinski definition) is 3. The largest absolute Gasteiger partial charge is 0.481 e. The molecule has 2 unspecified atom stereocenters. The molecule has 2 aliphatic rings. The first-order chi connectivity index (χ1) is 19.4. The van der Waals surface area contributed by atoms with Crippen LogP contribution < -0.4 is 10.0 Å². The van der Waals surface area contributed by atoms with E-state index in [0.29, 0.717) is 0 Å². The van der Waals surface area contributed by atoms with Crippen LogP contribution in [0.1, 0.15) is 63.4 Å². The summed E-state index contributed by atoms with van der Waals surface area (Å²) in [6.07, 6.45) is -3.17. The van der Waals surface area contributed by atoms with Crippen LogP contribution in [0.4, 0.5) is 26.7 Å². The van der Waals surface area contributed by atoms with Gasteiger partial charge in [0.05, 0.1) is 76.9 Å². The Balaban J connectivity index is 1.74. The fraction of sp³-hybridized carbons (Fsp3) is 0.680. The molecule has 0 spiro atoms. The van der Waals surface area contributed by atoms with E-state index in [0.717, 1.165) is 4.90 Å². The summed E-state index contributed by atoms with van der Waals surface area (Å²) in [5.41, 5.74) is -1.80. The minimum absolute atomic E-state index is 0.0202. The first-order valence-corrected chi connectivity index (χ1v) is 14.3. The van der Waals surface area contributed by atoms with E-state index in [4.69, 9.17) is 4.74 Å². The van der Waals surface area contributed by atoms with Gasteiger partial charge in [0, 0.05) is 12.7 Å². The topological polar surface area (TPSA) is 138 Å². The van der Waals surface area contributed by atoms with Crippen LogP contribution in [0, 0.1) is 11.3 Å². The van der Waals surface area contributed by atoms with Crippen LogP contribution in [0.5, 0.6) is 0 Å². The van der Waals surface area contributed by atoms with Crippen molar-refractivity contribution in [3.63, 3.8) is 0 Å². The molecule has 1 saturated carbocycles. The minimum Gasteiger partial charge on any atom is -0.481 e. The zero-order valence-electron chi connectivity index (χ0n) is 23.4. The second-order valence-corrected chi connectivity index (χ2v) is 13.8. The summed E-state index contributed by atoms with van der Waals surface area (Å²) in [4.78, 5) is 30.2. The van der Waals surface area contributed by atoms with Crippen molar-refractivity contribution in [2.75, 3.05) is 26.8 Å². The number of carboxylic acid groups (broad SMARTS) is 1. The first kappa shape index (κ1) is 32.0. The summed E-state index contributed by atoms with van der Waals surface area (Å²) in [5.74, 6) is -6.36. The van der Waals surface area contributed by atoms with Crippen LogP contribution in [0.2, 0.25) is 0 Å². The van der Waals surface area contributed by atoms with Crippen LogP contribution in [-0.2, 0) is 20.5 Å². The van der Waals surface area contributed by atoms with E-state index >= 15 is 0 Å². The number of fused-ring (bicyclic) bond motifs is 1. The zero-order valence-corrected chi connectivity index (χ0v) is 24.2. The van der Waals surface area contributed by atoms with E-state index in [9.17, 15) is 40.9 Å². The van der Waals surface area contributed by atoms with Gasteiger partial charge >= 0.3 is 18.2 Å². The summed E-state index contributed by atoms with van der Waals surface area (Å²) < 4.78 is 91.0. The van der Waals surface area contributed by atoms with Crippen molar-refractivity contribution in [2.24, 2.45) is 11.3 Å². The van der Waals surface area contributed by atoms with Crippen molar-refractivity contribution >= 4 is 28.6 Å². The summed E-state index contributed by atoms with van der Waals surface area (Å²) >= 11 is 0. The number of methoxy groups -OCH3 is 1. The minimum atomic E-state index is -4.61. The normalized spacial score (nSPS) is 21.5. The highest BCUT2D eigenvalue weighted by molar-refractivity contribution is 7.84. The second kappa shape index (κ2) is 11.3. The highest BCUT2D eigenvalue weighted by atomic mass is 32.2. The molecular weight excluding hydrogens is 591 g/mol. The lowest BCUT2D eigenvalue weighted by molar-refractivity contribution is -0.194. The molecule has 1 aliphatic heterocycles. The number of aromatic nitrogens is 3. The number of imidazole rings is 1. The average molecular weight is 625 g/mol. The van der Waals surface area contributed by atoms with Crippen LogP contribution in [0.15, 0.2) is 18.5 Å². The van der Waals surface area contributed by atoms with Gasteiger partial charge in [0.15, 0.2) is 5.65 Å². The quantitative estimate of drug-likeness (QED) is 0.325. The number of halogens is 5. The number of carbonyl (C=O) groups is 2. The molecule has 2 aromatic rings. The molecule has 11 nitrogen and oxygen atoms in total. The van der Waals surface area contributed by atoms with E-state index in [1.165, 1.54) is 30.1 Å². The molecule has 0 bridgehead atoms. The molecule has 0 radical (unpaired) electrons. The molecule has 3 N–H and O–H groups in total. The number of carbonyl (C=O) groups excluding carboxylic acids is 1. The Morgan fingerprint density at radius 1 is 1.29 bits per heavy atom. The zero-order chi connectivity index (χ0) is 31.3. The first-order valence-electron chi connectivity index (χ1n) is 13.1. The van der Waals surface area contributed by atoms with Gasteiger partial charge in [0.1, 0.15) is 0 Å². The standard InChI is InChI=1S/C25H33F5N6O5S/c1-22(2,3)42(40)34-19(15(20(37)38)8-23(5-6-23)25(28,29)30)16-10-36-18(33-16)7-14(9-32-36)17(11-41-4)35-13-24(26,27)12-31-21(35)39/h7,9-10,15,17,19,34H,5-6,8,11-13H2,1-4H3,(H,31,39)(H,37,38)/t15?,17-,19?,42-/m0/s1. The van der Waals surface area contributed by atoms with Crippen LogP contribution >= 0.6 is 0 Å². The molecule has 0 aromatic carbocycles. The Morgan fingerprint density at radius 3 is 2.50 bits per heavy atom. The van der Waals surface area contributed by atoms with E-state index < -0.39 is 82.8 Å². The number of nitrogens with zero attached hydrogens (tertiary/aromatic N) is 4. The van der Waals surface area contributed by atoms with Crippen LogP contribution in [-0.4, -0.2) is 84.5 Å². The Bertz CT molecular complexity index is 1360. The third-order valence-electron chi connectivity index (χ3n) is 7.50. The van der Waals surface area contributed by atoms with Gasteiger partial charge in [-0.15, -0.1) is 0 Å². The van der Waals surface area contributed by atoms with Gasteiger partial charge in [0.25, 0.3) is 5.92 Å². The Labute approximate surface area is 240 Å². The molecule has 2 amide bonds. The van der Waals surface area contributed by atoms with Gasteiger partial charge in [-0.2, -0.15) is 18.3 Å². The number of carboxylic acids is 1. The van der Waals surface area contributed by atoms with Crippen molar-refractivity contribution in [3.05, 3.63) is 29.7 Å². The smallest absolute Gasteiger partial charge is 0.394 e. The van der Waals surface area contributed by atoms with Crippen molar-refractivity contribution < 1.29 is 45.6 Å². The number of alkyl halides is 5. The van der Waals surface area contributed by atoms with Crippen molar-refractivity contribution in [1.29, 1.82) is 0 Å². The van der Waals surface area contributed by atoms with Gasteiger partial charge < -0.3 is 20.1 Å². The molecule has 3 heterocycles. The molecule has 2 fully saturated rings. The summed E-state index contributed by atoms with van der Waals surface area (Å²) in [6, 6.07) is -1.68. The number of ether oxygens (including phenoxy) is 1. The summed E-state index contributed by atoms with van der Waals surface area (Å²) in [5, 5.41) is 16.4. The average Bonchev–Trinajstić information content (AvgIpc) is 3.56. The Morgan fingerprint density at radius 2 is 1.95 bits per heavy atom. The Kier molecular flexibility index (Phi) is 8.61. The van der Waals surface area contributed by atoms with E-state index in [1.54, 1.807) is 20.8 Å².